The number of alkyl halides is 3. The fraction of sp³-hybridized carbons (Fsp3) is 0.333. The topological polar surface area (TPSA) is 318 Å². The number of aromatic nitrogens is 1. The van der Waals surface area contributed by atoms with Crippen molar-refractivity contribution in [2.45, 2.75) is 100 Å². The van der Waals surface area contributed by atoms with Gasteiger partial charge in [-0.15, -0.1) is 0 Å². The summed E-state index contributed by atoms with van der Waals surface area (Å²) in [5.74, 6) is -6.52. The first kappa shape index (κ1) is 62.3. The Morgan fingerprint density at radius 2 is 1.17 bits per heavy atom. The van der Waals surface area contributed by atoms with Gasteiger partial charge in [-0.2, -0.15) is 13.2 Å². The van der Waals surface area contributed by atoms with Gasteiger partial charge in [0.15, 0.2) is 0 Å². The molecule has 12 N–H and O–H groups in total. The molecule has 7 amide bonds. The van der Waals surface area contributed by atoms with Crippen LogP contribution in [-0.2, 0) is 64.2 Å². The van der Waals surface area contributed by atoms with E-state index in [4.69, 9.17) is 30.8 Å². The van der Waals surface area contributed by atoms with Crippen LogP contribution >= 0.6 is 0 Å². The number of hydrogen-bond donors (Lipinski definition) is 10. The van der Waals surface area contributed by atoms with E-state index in [1.807, 2.05) is 60.7 Å². The fourth-order valence-corrected chi connectivity index (χ4v) is 9.65. The molecule has 21 nitrogen and oxygen atoms in total. The van der Waals surface area contributed by atoms with Gasteiger partial charge in [0.25, 0.3) is 0 Å². The lowest BCUT2D eigenvalue weighted by molar-refractivity contribution is -0.192. The number of unbranched alkanes of at least 4 members (excludes halogenated alkanes) is 1. The molecule has 2 aliphatic heterocycles. The van der Waals surface area contributed by atoms with E-state index in [0.717, 1.165) is 16.5 Å². The van der Waals surface area contributed by atoms with E-state index >= 15 is 9.59 Å². The maximum absolute atomic E-state index is 15.3. The number of carbonyl (C=O) groups is 8. The summed E-state index contributed by atoms with van der Waals surface area (Å²) >= 11 is 0. The number of fused-ring (bicyclic) bond motifs is 2. The van der Waals surface area contributed by atoms with Gasteiger partial charge in [0.2, 0.25) is 35.4 Å². The maximum Gasteiger partial charge on any atom is 0.490 e. The van der Waals surface area contributed by atoms with Crippen molar-refractivity contribution in [1.82, 2.24) is 41.8 Å². The predicted octanol–water partition coefficient (Wildman–Crippen LogP) is 4.00. The number of carboxylic acids is 1. The van der Waals surface area contributed by atoms with E-state index in [-0.39, 0.29) is 51.7 Å². The van der Waals surface area contributed by atoms with Gasteiger partial charge in [-0.25, -0.2) is 9.59 Å². The number of nitrogens with zero attached hydrogens (tertiary/aromatic N) is 1. The third kappa shape index (κ3) is 17.9. The third-order valence-corrected chi connectivity index (χ3v) is 13.9. The number of nitrogens with one attached hydrogen (secondary N) is 7. The van der Waals surface area contributed by atoms with Gasteiger partial charge in [-0.05, 0) is 71.8 Å². The Morgan fingerprint density at radius 3 is 1.81 bits per heavy atom. The lowest BCUT2D eigenvalue weighted by Gasteiger charge is -2.32. The zero-order valence-electron chi connectivity index (χ0n) is 45.6. The van der Waals surface area contributed by atoms with Crippen LogP contribution in [0.4, 0.5) is 18.0 Å². The number of halogens is 3. The number of ether oxygens (including phenoxy) is 2. The van der Waals surface area contributed by atoms with Crippen LogP contribution in [0.3, 0.4) is 0 Å². The number of amides is 7. The van der Waals surface area contributed by atoms with E-state index in [9.17, 15) is 37.1 Å². The lowest BCUT2D eigenvalue weighted by atomic mass is 9.99. The fourth-order valence-electron chi connectivity index (χ4n) is 9.65. The van der Waals surface area contributed by atoms with Gasteiger partial charge in [0.1, 0.15) is 54.7 Å². The normalized spacial score (nSPS) is 20.7. The van der Waals surface area contributed by atoms with Gasteiger partial charge < -0.3 is 67.8 Å². The molecule has 0 bridgehead atoms. The first-order valence-electron chi connectivity index (χ1n) is 27.3. The average molecular weight is 1160 g/mol. The summed E-state index contributed by atoms with van der Waals surface area (Å²) in [5, 5.41) is 25.0. The molecule has 8 rings (SSSR count). The molecule has 5 aromatic carbocycles. The zero-order chi connectivity index (χ0) is 60.2. The van der Waals surface area contributed by atoms with Crippen molar-refractivity contribution >= 4 is 58.4 Å². The molecule has 0 radical (unpaired) electrons. The third-order valence-electron chi connectivity index (χ3n) is 13.9. The standard InChI is InChI=1S/C58H66N10O9.C2HF3O2/c59-27-13-12-22-46-52(69)64-47(30-38-23-25-42(26-24-38)76-36-39-16-6-2-7-17-39)53(70)66-49(31-37-14-4-1-5-15-37)57(74)68-35-43(77-58(75)61-29-28-60)33-50(68)55(72)67-51(40-18-8-3-9-19-40)56(73)65-48(54(71)63-46)32-41-34-62-45-21-11-10-20-44(41)45;3-2(4,5)1(6)7/h1-11,14-21,23-26,34,43,46-51,62H,12-13,22,27-33,35-36,59-60H2,(H,61,75)(H,63,71)(H,64,69)(H,65,73)(H,66,70)(H,67,72);(H,6,7)/t43-,46+,47+,48-,49+,50+,51+;/m1./s1. The first-order valence-corrected chi connectivity index (χ1v) is 27.3. The van der Waals surface area contributed by atoms with E-state index in [2.05, 4.69) is 36.9 Å². The minimum absolute atomic E-state index is 0.0385. The van der Waals surface area contributed by atoms with Crippen molar-refractivity contribution in [3.8, 4) is 5.75 Å². The summed E-state index contributed by atoms with van der Waals surface area (Å²) in [6, 6.07) is 33.6. The Bertz CT molecular complexity index is 3190. The molecule has 84 heavy (non-hydrogen) atoms. The van der Waals surface area contributed by atoms with Crippen LogP contribution in [0.15, 0.2) is 146 Å². The summed E-state index contributed by atoms with van der Waals surface area (Å²) in [6.07, 6.45) is -4.43. The number of rotatable bonds is 17. The van der Waals surface area contributed by atoms with Gasteiger partial charge >= 0.3 is 18.2 Å². The van der Waals surface area contributed by atoms with E-state index < -0.39 is 96.0 Å². The Morgan fingerprint density at radius 1 is 0.619 bits per heavy atom. The summed E-state index contributed by atoms with van der Waals surface area (Å²) in [7, 11) is 0. The summed E-state index contributed by atoms with van der Waals surface area (Å²) in [6.45, 7) is 0.617. The Balaban J connectivity index is 0.00000136. The highest BCUT2D eigenvalue weighted by atomic mass is 19.4. The second kappa shape index (κ2) is 30.1. The molecule has 2 saturated heterocycles. The van der Waals surface area contributed by atoms with Crippen LogP contribution in [0.5, 0.6) is 5.75 Å². The Kier molecular flexibility index (Phi) is 22.4. The molecular formula is C60H67F3N10O11. The monoisotopic (exact) mass is 1160 g/mol. The highest BCUT2D eigenvalue weighted by molar-refractivity contribution is 5.99. The molecule has 0 saturated carbocycles. The Hall–Kier alpha value is -9.29. The number of benzene rings is 5. The van der Waals surface area contributed by atoms with Crippen LogP contribution in [0.1, 0.15) is 59.5 Å². The van der Waals surface area contributed by atoms with Gasteiger partial charge in [0, 0.05) is 55.9 Å². The van der Waals surface area contributed by atoms with Crippen molar-refractivity contribution in [3.05, 3.63) is 174 Å². The molecule has 24 heteroatoms. The van der Waals surface area contributed by atoms with Gasteiger partial charge in [0.05, 0.1) is 6.54 Å². The molecule has 0 spiro atoms. The van der Waals surface area contributed by atoms with Crippen LogP contribution in [-0.4, -0.2) is 131 Å². The molecule has 2 fully saturated rings. The van der Waals surface area contributed by atoms with Crippen LogP contribution < -0.4 is 48.1 Å². The SMILES string of the molecule is NCCCC[C@@H]1NC(=O)[C@@H](Cc2c[nH]c3ccccc23)NC(=O)[C@H](c2ccccc2)NC(=O)[C@@H]2C[C@@H](OC(=O)NCCN)CN2C(=O)[C@H](Cc2ccccc2)NC(=O)[C@H](Cc2ccc(OCc3ccccc3)cc2)NC1=O.O=C(O)C(F)(F)F. The lowest BCUT2D eigenvalue weighted by Crippen LogP contribution is -2.61. The quantitative estimate of drug-likeness (QED) is 0.0579. The molecular weight excluding hydrogens is 1090 g/mol. The number of carboxylic acid groups (broad SMARTS) is 1. The molecule has 7 atom stereocenters. The smallest absolute Gasteiger partial charge is 0.489 e. The summed E-state index contributed by atoms with van der Waals surface area (Å²) in [4.78, 5) is 116. The summed E-state index contributed by atoms with van der Waals surface area (Å²) < 4.78 is 43.5. The largest absolute Gasteiger partial charge is 0.490 e. The number of aromatic amines is 1. The molecule has 0 aliphatic carbocycles. The number of alkyl carbamates (subject to hydrolysis) is 1. The van der Waals surface area contributed by atoms with Gasteiger partial charge in [-0.1, -0.05) is 121 Å². The number of para-hydroxylation sites is 1. The maximum atomic E-state index is 15.3. The number of hydrogen-bond acceptors (Lipinski definition) is 12. The minimum Gasteiger partial charge on any atom is -0.489 e. The highest BCUT2D eigenvalue weighted by Crippen LogP contribution is 2.26. The molecule has 3 heterocycles. The van der Waals surface area contributed by atoms with Crippen molar-refractivity contribution in [2.24, 2.45) is 11.5 Å². The number of carbonyl (C=O) groups excluding carboxylic acids is 7. The van der Waals surface area contributed by atoms with E-state index in [1.165, 1.54) is 4.90 Å². The van der Waals surface area contributed by atoms with E-state index in [0.29, 0.717) is 54.0 Å². The van der Waals surface area contributed by atoms with Crippen LogP contribution in [0.25, 0.3) is 10.9 Å². The highest BCUT2D eigenvalue weighted by Gasteiger charge is 2.45. The van der Waals surface area contributed by atoms with E-state index in [1.54, 1.807) is 85.1 Å². The van der Waals surface area contributed by atoms with Crippen LogP contribution in [0, 0.1) is 0 Å². The van der Waals surface area contributed by atoms with Gasteiger partial charge in [-0.3, -0.25) is 28.8 Å². The van der Waals surface area contributed by atoms with Crippen LogP contribution in [0.2, 0.25) is 0 Å². The predicted molar refractivity (Wildman–Crippen MR) is 302 cm³/mol. The second-order valence-corrected chi connectivity index (χ2v) is 20.0. The Labute approximate surface area is 481 Å². The molecule has 444 valence electrons. The first-order chi connectivity index (χ1) is 40.4. The number of H-pyrrole nitrogens is 1. The number of aliphatic carboxylic acids is 1. The van der Waals surface area contributed by atoms with Crippen molar-refractivity contribution in [1.29, 1.82) is 0 Å². The number of nitrogens with two attached hydrogens (primary N) is 2. The molecule has 0 unspecified atom stereocenters. The summed E-state index contributed by atoms with van der Waals surface area (Å²) in [5.41, 5.74) is 15.7. The zero-order valence-corrected chi connectivity index (χ0v) is 45.6. The second-order valence-electron chi connectivity index (χ2n) is 20.0. The van der Waals surface area contributed by atoms with Crippen molar-refractivity contribution < 1.29 is 66.1 Å². The molecule has 6 aromatic rings. The van der Waals surface area contributed by atoms with Crippen molar-refractivity contribution in [3.63, 3.8) is 0 Å². The average Bonchev–Trinajstić information content (AvgIpc) is 4.33. The molecule has 1 aromatic heterocycles. The minimum atomic E-state index is -5.08. The molecule has 2 aliphatic rings. The van der Waals surface area contributed by atoms with Crippen molar-refractivity contribution in [2.75, 3.05) is 26.2 Å².